The van der Waals surface area contributed by atoms with Crippen LogP contribution < -0.4 is 15.2 Å². The first-order valence-corrected chi connectivity index (χ1v) is 13.7. The van der Waals surface area contributed by atoms with Crippen LogP contribution in [-0.2, 0) is 14.8 Å². The number of aromatic nitrogens is 2. The highest BCUT2D eigenvalue weighted by Crippen LogP contribution is 2.30. The average Bonchev–Trinajstić information content (AvgIpc) is 3.55. The number of rotatable bonds is 8. The van der Waals surface area contributed by atoms with Gasteiger partial charge < -0.3 is 15.4 Å². The molecule has 4 rings (SSSR count). The van der Waals surface area contributed by atoms with Gasteiger partial charge in [0.15, 0.2) is 0 Å². The Hall–Kier alpha value is -3.69. The van der Waals surface area contributed by atoms with Gasteiger partial charge in [-0.05, 0) is 38.2 Å². The lowest BCUT2D eigenvalue weighted by Crippen LogP contribution is -2.42. The molecule has 3 heterocycles. The summed E-state index contributed by atoms with van der Waals surface area (Å²) in [5.74, 6) is 0.428. The van der Waals surface area contributed by atoms with Crippen molar-refractivity contribution in [1.82, 2.24) is 19.2 Å². The minimum atomic E-state index is -3.50. The summed E-state index contributed by atoms with van der Waals surface area (Å²) in [4.78, 5) is 19.6. The summed E-state index contributed by atoms with van der Waals surface area (Å²) in [7, 11) is -1.96. The Morgan fingerprint density at radius 3 is 2.76 bits per heavy atom. The van der Waals surface area contributed by atoms with Crippen LogP contribution >= 0.6 is 0 Å². The summed E-state index contributed by atoms with van der Waals surface area (Å²) < 4.78 is 33.1. The van der Waals surface area contributed by atoms with Crippen LogP contribution in [0.3, 0.4) is 0 Å². The van der Waals surface area contributed by atoms with Crippen LogP contribution in [-0.4, -0.2) is 67.3 Å². The van der Waals surface area contributed by atoms with E-state index in [1.165, 1.54) is 19.5 Å². The number of pyridine rings is 1. The first-order valence-electron chi connectivity index (χ1n) is 12.1. The molecule has 1 aliphatic carbocycles. The number of fused-ring (bicyclic) bond motifs is 1. The van der Waals surface area contributed by atoms with Gasteiger partial charge in [0.1, 0.15) is 22.9 Å². The topological polar surface area (TPSA) is 155 Å². The van der Waals surface area contributed by atoms with Crippen molar-refractivity contribution in [1.29, 1.82) is 5.26 Å². The van der Waals surface area contributed by atoms with Gasteiger partial charge in [0.25, 0.3) is 0 Å². The average molecular weight is 526 g/mol. The van der Waals surface area contributed by atoms with E-state index in [2.05, 4.69) is 22.5 Å². The number of aliphatic imine (C=N–C) groups is 1. The van der Waals surface area contributed by atoms with Gasteiger partial charge in [0, 0.05) is 60.2 Å². The number of sulfonamides is 1. The zero-order valence-corrected chi connectivity index (χ0v) is 21.5. The maximum absolute atomic E-state index is 13.0. The number of likely N-dealkylation sites (tertiary alicyclic amines) is 1. The number of allylic oxidation sites excluding steroid dienone is 1. The van der Waals surface area contributed by atoms with E-state index in [4.69, 9.17) is 15.5 Å². The molecule has 2 aliphatic rings. The number of carbonyl (C=O) groups is 1. The zero-order valence-electron chi connectivity index (χ0n) is 20.7. The number of carbonyl (C=O) groups excluding carboxylic acids is 1. The van der Waals surface area contributed by atoms with Crippen LogP contribution in [0.1, 0.15) is 43.2 Å². The first kappa shape index (κ1) is 26.4. The normalized spacial score (nSPS) is 21.4. The molecule has 2 fully saturated rings. The molecule has 0 aromatic carbocycles. The molecule has 2 atom stereocenters. The van der Waals surface area contributed by atoms with Crippen molar-refractivity contribution >= 4 is 33.2 Å². The Labute approximate surface area is 216 Å². The monoisotopic (exact) mass is 525 g/mol. The molecule has 1 aliphatic heterocycles. The molecule has 0 radical (unpaired) electrons. The van der Waals surface area contributed by atoms with Crippen LogP contribution in [0.2, 0.25) is 0 Å². The lowest BCUT2D eigenvalue weighted by molar-refractivity contribution is -0.136. The Bertz CT molecular complexity index is 1380. The highest BCUT2D eigenvalue weighted by molar-refractivity contribution is 7.92. The molecule has 1 saturated carbocycles. The number of nitrogens with zero attached hydrogens (tertiary/aromatic N) is 5. The number of amides is 1. The smallest absolute Gasteiger partial charge is 0.233 e. The maximum atomic E-state index is 13.0. The predicted molar refractivity (Wildman–Crippen MR) is 140 cm³/mol. The summed E-state index contributed by atoms with van der Waals surface area (Å²) in [5.41, 5.74) is 8.34. The van der Waals surface area contributed by atoms with Crippen molar-refractivity contribution in [3.8, 4) is 11.8 Å². The minimum Gasteiger partial charge on any atom is -0.494 e. The van der Waals surface area contributed by atoms with Gasteiger partial charge in [-0.1, -0.05) is 6.58 Å². The summed E-state index contributed by atoms with van der Waals surface area (Å²) >= 11 is 0. The largest absolute Gasteiger partial charge is 0.494 e. The van der Waals surface area contributed by atoms with E-state index in [1.54, 1.807) is 23.0 Å². The molecule has 1 saturated heterocycles. The van der Waals surface area contributed by atoms with Crippen molar-refractivity contribution in [2.75, 3.05) is 20.2 Å². The predicted octanol–water partition coefficient (Wildman–Crippen LogP) is 1.81. The SMILES string of the molecule is C=CS(=O)(=O)N[C@@H]1CC[C@H](C(=O)N2CCC(N=CC(=CN)c3cc(OC)c4c(C#N)cnn4c3)CC2)C1. The molecule has 196 valence electrons. The van der Waals surface area contributed by atoms with E-state index in [9.17, 15) is 18.5 Å². The Morgan fingerprint density at radius 2 is 2.11 bits per heavy atom. The summed E-state index contributed by atoms with van der Waals surface area (Å²) in [6, 6.07) is 3.73. The molecular weight excluding hydrogens is 494 g/mol. The van der Waals surface area contributed by atoms with Gasteiger partial charge >= 0.3 is 0 Å². The van der Waals surface area contributed by atoms with Gasteiger partial charge in [-0.3, -0.25) is 9.79 Å². The number of hydrogen-bond donors (Lipinski definition) is 2. The zero-order chi connectivity index (χ0) is 26.6. The lowest BCUT2D eigenvalue weighted by atomic mass is 10.0. The van der Waals surface area contributed by atoms with Crippen LogP contribution in [0.25, 0.3) is 11.1 Å². The van der Waals surface area contributed by atoms with E-state index in [0.717, 1.165) is 23.8 Å². The van der Waals surface area contributed by atoms with Crippen molar-refractivity contribution in [3.05, 3.63) is 47.8 Å². The standard InChI is InChI=1S/C25H31N7O4S/c1-3-37(34,35)30-22-5-4-17(10-22)25(33)31-8-6-21(7-9-31)28-14-19(12-26)18-11-23(36-2)24-20(13-27)15-29-32(24)16-18/h3,11-12,14-17,21-22,30H,1,4-10,26H2,2H3/t17-,22+/m0/s1. The van der Waals surface area contributed by atoms with Gasteiger partial charge in [-0.2, -0.15) is 10.4 Å². The van der Waals surface area contributed by atoms with Crippen LogP contribution in [0.15, 0.2) is 41.6 Å². The Morgan fingerprint density at radius 1 is 1.35 bits per heavy atom. The molecule has 0 unspecified atom stereocenters. The minimum absolute atomic E-state index is 0.0512. The molecule has 0 bridgehead atoms. The molecular formula is C25H31N7O4S. The fraction of sp³-hybridized carbons (Fsp3) is 0.440. The third kappa shape index (κ3) is 5.84. The second kappa shape index (κ2) is 11.1. The van der Waals surface area contributed by atoms with E-state index >= 15 is 0 Å². The molecule has 37 heavy (non-hydrogen) atoms. The molecule has 11 nitrogen and oxygen atoms in total. The Balaban J connectivity index is 1.35. The third-order valence-electron chi connectivity index (χ3n) is 6.96. The lowest BCUT2D eigenvalue weighted by Gasteiger charge is -2.32. The summed E-state index contributed by atoms with van der Waals surface area (Å²) in [5, 5.41) is 14.4. The molecule has 0 spiro atoms. The van der Waals surface area contributed by atoms with Crippen LogP contribution in [0.4, 0.5) is 0 Å². The highest BCUT2D eigenvalue weighted by Gasteiger charge is 2.35. The number of nitriles is 1. The second-order valence-electron chi connectivity index (χ2n) is 9.25. The summed E-state index contributed by atoms with van der Waals surface area (Å²) in [6.07, 6.45) is 9.74. The number of nitrogens with one attached hydrogen (secondary N) is 1. The van der Waals surface area contributed by atoms with Crippen molar-refractivity contribution < 1.29 is 17.9 Å². The van der Waals surface area contributed by atoms with Gasteiger partial charge in [-0.25, -0.2) is 17.7 Å². The third-order valence-corrected chi connectivity index (χ3v) is 8.06. The summed E-state index contributed by atoms with van der Waals surface area (Å²) in [6.45, 7) is 4.52. The molecule has 12 heteroatoms. The van der Waals surface area contributed by atoms with Gasteiger partial charge in [0.05, 0.1) is 19.3 Å². The van der Waals surface area contributed by atoms with Crippen molar-refractivity contribution in [2.24, 2.45) is 16.6 Å². The fourth-order valence-electron chi connectivity index (χ4n) is 4.97. The quantitative estimate of drug-likeness (QED) is 0.498. The number of piperidine rings is 1. The van der Waals surface area contributed by atoms with Crippen LogP contribution in [0.5, 0.6) is 5.75 Å². The van der Waals surface area contributed by atoms with E-state index < -0.39 is 10.0 Å². The van der Waals surface area contributed by atoms with E-state index in [0.29, 0.717) is 54.8 Å². The molecule has 3 N–H and O–H groups in total. The Kier molecular flexibility index (Phi) is 7.94. The van der Waals surface area contributed by atoms with Crippen molar-refractivity contribution in [2.45, 2.75) is 44.2 Å². The molecule has 1 amide bonds. The second-order valence-corrected chi connectivity index (χ2v) is 10.9. The van der Waals surface area contributed by atoms with Gasteiger partial charge in [0.2, 0.25) is 15.9 Å². The van der Waals surface area contributed by atoms with E-state index in [1.807, 2.05) is 4.90 Å². The fourth-order valence-corrected chi connectivity index (χ4v) is 5.74. The number of nitrogens with two attached hydrogens (primary N) is 1. The first-order chi connectivity index (χ1) is 17.8. The van der Waals surface area contributed by atoms with Crippen molar-refractivity contribution in [3.63, 3.8) is 0 Å². The molecule has 2 aromatic rings. The number of methoxy groups -OCH3 is 1. The number of hydrogen-bond acceptors (Lipinski definition) is 8. The van der Waals surface area contributed by atoms with E-state index in [-0.39, 0.29) is 23.9 Å². The highest BCUT2D eigenvalue weighted by atomic mass is 32.2. The van der Waals surface area contributed by atoms with Crippen LogP contribution in [0, 0.1) is 17.2 Å². The maximum Gasteiger partial charge on any atom is 0.233 e. The van der Waals surface area contributed by atoms with Gasteiger partial charge in [-0.15, -0.1) is 0 Å². The number of ether oxygens (including phenoxy) is 1. The molecule has 2 aromatic heterocycles.